The van der Waals surface area contributed by atoms with Gasteiger partial charge in [-0.25, -0.2) is 0 Å². The Kier molecular flexibility index (Phi) is 4.18. The smallest absolute Gasteiger partial charge is 0.261 e. The SMILES string of the molecule is C=CCN1C(=O)c2ccc(C(=O)NC3CCC(=O)NC3=O)cc2C1=O. The summed E-state index contributed by atoms with van der Waals surface area (Å²) in [6, 6.07) is 3.36. The molecule has 0 spiro atoms. The Bertz CT molecular complexity index is 830. The number of hydrogen-bond donors (Lipinski definition) is 2. The Labute approximate surface area is 142 Å². The number of fused-ring (bicyclic) bond motifs is 1. The molecule has 1 saturated heterocycles. The first-order chi connectivity index (χ1) is 11.9. The van der Waals surface area contributed by atoms with Crippen LogP contribution in [0.15, 0.2) is 30.9 Å². The molecule has 0 bridgehead atoms. The number of nitrogens with zero attached hydrogens (tertiary/aromatic N) is 1. The van der Waals surface area contributed by atoms with E-state index >= 15 is 0 Å². The minimum absolute atomic E-state index is 0.0875. The van der Waals surface area contributed by atoms with Crippen molar-refractivity contribution in [2.45, 2.75) is 18.9 Å². The molecule has 8 nitrogen and oxygen atoms in total. The van der Waals surface area contributed by atoms with Crippen LogP contribution in [0.2, 0.25) is 0 Å². The van der Waals surface area contributed by atoms with Gasteiger partial charge in [-0.05, 0) is 24.6 Å². The lowest BCUT2D eigenvalue weighted by atomic mass is 10.0. The monoisotopic (exact) mass is 341 g/mol. The molecule has 1 aromatic rings. The molecule has 128 valence electrons. The summed E-state index contributed by atoms with van der Waals surface area (Å²) >= 11 is 0. The van der Waals surface area contributed by atoms with E-state index in [-0.39, 0.29) is 42.0 Å². The van der Waals surface area contributed by atoms with E-state index in [2.05, 4.69) is 17.2 Å². The van der Waals surface area contributed by atoms with Crippen LogP contribution >= 0.6 is 0 Å². The van der Waals surface area contributed by atoms with Gasteiger partial charge in [-0.3, -0.25) is 34.2 Å². The van der Waals surface area contributed by atoms with Crippen LogP contribution in [0.25, 0.3) is 0 Å². The second-order valence-corrected chi connectivity index (χ2v) is 5.75. The first-order valence-corrected chi connectivity index (χ1v) is 7.68. The van der Waals surface area contributed by atoms with E-state index in [1.807, 2.05) is 0 Å². The highest BCUT2D eigenvalue weighted by molar-refractivity contribution is 6.22. The van der Waals surface area contributed by atoms with Crippen LogP contribution in [-0.4, -0.2) is 47.0 Å². The molecule has 25 heavy (non-hydrogen) atoms. The van der Waals surface area contributed by atoms with Gasteiger partial charge in [0, 0.05) is 18.5 Å². The quantitative estimate of drug-likeness (QED) is 0.591. The van der Waals surface area contributed by atoms with Crippen molar-refractivity contribution in [1.29, 1.82) is 0 Å². The zero-order valence-electron chi connectivity index (χ0n) is 13.2. The van der Waals surface area contributed by atoms with Gasteiger partial charge in [-0.15, -0.1) is 6.58 Å². The van der Waals surface area contributed by atoms with Crippen molar-refractivity contribution in [3.8, 4) is 0 Å². The first-order valence-electron chi connectivity index (χ1n) is 7.68. The number of piperidine rings is 1. The summed E-state index contributed by atoms with van der Waals surface area (Å²) in [5.74, 6) is -2.42. The van der Waals surface area contributed by atoms with Gasteiger partial charge in [0.05, 0.1) is 11.1 Å². The van der Waals surface area contributed by atoms with Gasteiger partial charge >= 0.3 is 0 Å². The number of rotatable bonds is 4. The maximum absolute atomic E-state index is 12.3. The second-order valence-electron chi connectivity index (χ2n) is 5.75. The lowest BCUT2D eigenvalue weighted by Crippen LogP contribution is -2.52. The number of carbonyl (C=O) groups is 5. The van der Waals surface area contributed by atoms with Crippen LogP contribution in [0, 0.1) is 0 Å². The maximum atomic E-state index is 12.3. The molecule has 1 atom stereocenters. The van der Waals surface area contributed by atoms with Crippen molar-refractivity contribution >= 4 is 29.5 Å². The number of amides is 5. The molecule has 8 heteroatoms. The summed E-state index contributed by atoms with van der Waals surface area (Å²) < 4.78 is 0. The lowest BCUT2D eigenvalue weighted by molar-refractivity contribution is -0.134. The largest absolute Gasteiger partial charge is 0.340 e. The van der Waals surface area contributed by atoms with Crippen LogP contribution in [0.3, 0.4) is 0 Å². The zero-order chi connectivity index (χ0) is 18.1. The van der Waals surface area contributed by atoms with Crippen molar-refractivity contribution in [1.82, 2.24) is 15.5 Å². The van der Waals surface area contributed by atoms with E-state index in [1.54, 1.807) is 0 Å². The van der Waals surface area contributed by atoms with Crippen LogP contribution in [0.5, 0.6) is 0 Å². The van der Waals surface area contributed by atoms with E-state index in [4.69, 9.17) is 0 Å². The topological polar surface area (TPSA) is 113 Å². The summed E-state index contributed by atoms with van der Waals surface area (Å²) in [7, 11) is 0. The van der Waals surface area contributed by atoms with Gasteiger partial charge < -0.3 is 5.32 Å². The summed E-state index contributed by atoms with van der Waals surface area (Å²) in [5.41, 5.74) is 0.525. The normalized spacial score (nSPS) is 19.5. The highest BCUT2D eigenvalue weighted by atomic mass is 16.2. The fourth-order valence-electron chi connectivity index (χ4n) is 2.80. The maximum Gasteiger partial charge on any atom is 0.261 e. The standard InChI is InChI=1S/C17H15N3O5/c1-2-7-20-16(24)10-4-3-9(8-11(10)17(20)25)14(22)18-12-5-6-13(21)19-15(12)23/h2-4,8,12H,1,5-7H2,(H,18,22)(H,19,21,23). The van der Waals surface area contributed by atoms with Crippen molar-refractivity contribution in [2.24, 2.45) is 0 Å². The van der Waals surface area contributed by atoms with E-state index in [9.17, 15) is 24.0 Å². The van der Waals surface area contributed by atoms with Crippen molar-refractivity contribution in [3.63, 3.8) is 0 Å². The van der Waals surface area contributed by atoms with Gasteiger partial charge in [0.2, 0.25) is 11.8 Å². The van der Waals surface area contributed by atoms with Crippen molar-refractivity contribution in [2.75, 3.05) is 6.54 Å². The molecule has 2 heterocycles. The number of imide groups is 2. The van der Waals surface area contributed by atoms with Gasteiger partial charge in [0.1, 0.15) is 6.04 Å². The third kappa shape index (κ3) is 2.93. The molecule has 0 aliphatic carbocycles. The molecule has 1 aromatic carbocycles. The van der Waals surface area contributed by atoms with Crippen LogP contribution in [0.4, 0.5) is 0 Å². The minimum atomic E-state index is -0.812. The predicted octanol–water partition coefficient (Wildman–Crippen LogP) is 0.00360. The molecule has 5 amide bonds. The second kappa shape index (κ2) is 6.31. The van der Waals surface area contributed by atoms with E-state index in [0.29, 0.717) is 0 Å². The molecule has 3 rings (SSSR count). The predicted molar refractivity (Wildman–Crippen MR) is 85.6 cm³/mol. The number of nitrogens with one attached hydrogen (secondary N) is 2. The molecule has 1 unspecified atom stereocenters. The average molecular weight is 341 g/mol. The Hall–Kier alpha value is -3.29. The summed E-state index contributed by atoms with van der Waals surface area (Å²) in [5, 5.41) is 4.68. The van der Waals surface area contributed by atoms with Gasteiger partial charge in [0.15, 0.2) is 0 Å². The van der Waals surface area contributed by atoms with E-state index < -0.39 is 29.7 Å². The van der Waals surface area contributed by atoms with E-state index in [0.717, 1.165) is 4.90 Å². The molecular weight excluding hydrogens is 326 g/mol. The molecule has 2 aliphatic rings. The Morgan fingerprint density at radius 2 is 1.96 bits per heavy atom. The number of benzene rings is 1. The van der Waals surface area contributed by atoms with Crippen LogP contribution < -0.4 is 10.6 Å². The molecule has 0 aromatic heterocycles. The summed E-state index contributed by atoms with van der Waals surface area (Å²) in [6.07, 6.45) is 1.80. The molecule has 0 saturated carbocycles. The van der Waals surface area contributed by atoms with Crippen LogP contribution in [-0.2, 0) is 9.59 Å². The third-order valence-corrected chi connectivity index (χ3v) is 4.09. The molecule has 0 radical (unpaired) electrons. The van der Waals surface area contributed by atoms with Gasteiger partial charge in [0.25, 0.3) is 17.7 Å². The Balaban J connectivity index is 1.79. The highest BCUT2D eigenvalue weighted by Crippen LogP contribution is 2.24. The van der Waals surface area contributed by atoms with Crippen molar-refractivity contribution < 1.29 is 24.0 Å². The highest BCUT2D eigenvalue weighted by Gasteiger charge is 2.35. The summed E-state index contributed by atoms with van der Waals surface area (Å²) in [6.45, 7) is 3.59. The fraction of sp³-hybridized carbons (Fsp3) is 0.235. The molecule has 2 N–H and O–H groups in total. The molecule has 1 fully saturated rings. The zero-order valence-corrected chi connectivity index (χ0v) is 13.2. The van der Waals surface area contributed by atoms with E-state index in [1.165, 1.54) is 24.3 Å². The Morgan fingerprint density at radius 3 is 2.64 bits per heavy atom. The summed E-state index contributed by atoms with van der Waals surface area (Å²) in [4.78, 5) is 60.6. The van der Waals surface area contributed by atoms with Gasteiger partial charge in [-0.1, -0.05) is 6.08 Å². The molecule has 2 aliphatic heterocycles. The number of carbonyl (C=O) groups excluding carboxylic acids is 5. The first kappa shape index (κ1) is 16.6. The third-order valence-electron chi connectivity index (χ3n) is 4.09. The fourth-order valence-corrected chi connectivity index (χ4v) is 2.80. The van der Waals surface area contributed by atoms with Crippen molar-refractivity contribution in [3.05, 3.63) is 47.5 Å². The average Bonchev–Trinajstić information content (AvgIpc) is 2.82. The minimum Gasteiger partial charge on any atom is -0.340 e. The van der Waals surface area contributed by atoms with Crippen LogP contribution in [0.1, 0.15) is 43.9 Å². The number of hydrogen-bond acceptors (Lipinski definition) is 5. The Morgan fingerprint density at radius 1 is 1.24 bits per heavy atom. The lowest BCUT2D eigenvalue weighted by Gasteiger charge is -2.21. The molecular formula is C17H15N3O5. The van der Waals surface area contributed by atoms with Gasteiger partial charge in [-0.2, -0.15) is 0 Å².